The second kappa shape index (κ2) is 8.32. The minimum Gasteiger partial charge on any atom is -0.493 e. The highest BCUT2D eigenvalue weighted by Gasteiger charge is 2.32. The Balaban J connectivity index is 1.88. The topological polar surface area (TPSA) is 68.6 Å². The lowest BCUT2D eigenvalue weighted by Gasteiger charge is -2.08. The normalized spacial score (nSPS) is 11.6. The third-order valence-electron chi connectivity index (χ3n) is 3.12. The predicted molar refractivity (Wildman–Crippen MR) is 87.5 cm³/mol. The lowest BCUT2D eigenvalue weighted by atomic mass is 10.2. The van der Waals surface area contributed by atoms with Gasteiger partial charge in [-0.15, -0.1) is 0 Å². The molecule has 0 atom stereocenters. The molecule has 0 aliphatic carbocycles. The van der Waals surface area contributed by atoms with E-state index in [1.54, 1.807) is 25.5 Å². The van der Waals surface area contributed by atoms with Gasteiger partial charge in [0.05, 0.1) is 20.8 Å². The van der Waals surface area contributed by atoms with Crippen LogP contribution in [0.2, 0.25) is 0 Å². The number of aromatic nitrogens is 2. The van der Waals surface area contributed by atoms with Crippen LogP contribution in [0.1, 0.15) is 11.3 Å². The summed E-state index contributed by atoms with van der Waals surface area (Å²) in [5.41, 5.74) is -0.174. The van der Waals surface area contributed by atoms with Gasteiger partial charge in [0.15, 0.2) is 11.5 Å². The molecule has 0 spiro atoms. The van der Waals surface area contributed by atoms with Gasteiger partial charge in [0, 0.05) is 19.0 Å². The highest BCUT2D eigenvalue weighted by atomic mass is 19.4. The van der Waals surface area contributed by atoms with Crippen LogP contribution >= 0.6 is 0 Å². The van der Waals surface area contributed by atoms with Gasteiger partial charge in [-0.3, -0.25) is 4.99 Å². The van der Waals surface area contributed by atoms with Crippen molar-refractivity contribution in [2.75, 3.05) is 32.6 Å². The molecule has 0 fully saturated rings. The maximum atomic E-state index is 12.6. The van der Waals surface area contributed by atoms with Crippen LogP contribution in [-0.2, 0) is 6.18 Å². The second-order valence-electron chi connectivity index (χ2n) is 4.84. The Morgan fingerprint density at radius 2 is 1.92 bits per heavy atom. The standard InChI is InChI=1S/C16H17F3N4O2/c1-24-12-4-3-11(9-13(12)25-2)10-20-7-8-22-15-21-6-5-14(23-15)16(17,18)19/h3-6,9-10H,7-8H2,1-2H3,(H,21,22,23). The number of anilines is 1. The summed E-state index contributed by atoms with van der Waals surface area (Å²) in [6, 6.07) is 6.16. The molecule has 0 bridgehead atoms. The van der Waals surface area contributed by atoms with Crippen LogP contribution in [0.3, 0.4) is 0 Å². The summed E-state index contributed by atoms with van der Waals surface area (Å²) in [6.07, 6.45) is -1.80. The van der Waals surface area contributed by atoms with Gasteiger partial charge in [0.25, 0.3) is 0 Å². The van der Waals surface area contributed by atoms with Crippen LogP contribution in [0.4, 0.5) is 19.1 Å². The maximum Gasteiger partial charge on any atom is 0.433 e. The molecule has 2 aromatic rings. The summed E-state index contributed by atoms with van der Waals surface area (Å²) in [4.78, 5) is 11.4. The average molecular weight is 354 g/mol. The third kappa shape index (κ3) is 5.33. The SMILES string of the molecule is COc1ccc(C=NCCNc2nccc(C(F)(F)F)n2)cc1OC. The fourth-order valence-electron chi connectivity index (χ4n) is 1.94. The van der Waals surface area contributed by atoms with Gasteiger partial charge in [0.1, 0.15) is 5.69 Å². The van der Waals surface area contributed by atoms with E-state index in [2.05, 4.69) is 20.3 Å². The third-order valence-corrected chi connectivity index (χ3v) is 3.12. The smallest absolute Gasteiger partial charge is 0.433 e. The van der Waals surface area contributed by atoms with Crippen molar-refractivity contribution in [3.8, 4) is 11.5 Å². The van der Waals surface area contributed by atoms with Crippen LogP contribution in [0.25, 0.3) is 0 Å². The number of nitrogens with one attached hydrogen (secondary N) is 1. The number of methoxy groups -OCH3 is 2. The molecule has 1 aromatic carbocycles. The molecule has 0 radical (unpaired) electrons. The molecule has 0 aliphatic heterocycles. The number of aliphatic imine (C=N–C) groups is 1. The Hall–Kier alpha value is -2.84. The van der Waals surface area contributed by atoms with Crippen LogP contribution < -0.4 is 14.8 Å². The molecule has 1 N–H and O–H groups in total. The first-order valence-corrected chi connectivity index (χ1v) is 7.30. The first-order chi connectivity index (χ1) is 11.9. The molecule has 0 amide bonds. The van der Waals surface area contributed by atoms with E-state index in [-0.39, 0.29) is 5.95 Å². The van der Waals surface area contributed by atoms with Gasteiger partial charge >= 0.3 is 6.18 Å². The van der Waals surface area contributed by atoms with E-state index in [4.69, 9.17) is 9.47 Å². The highest BCUT2D eigenvalue weighted by Crippen LogP contribution is 2.28. The molecule has 2 rings (SSSR count). The lowest BCUT2D eigenvalue weighted by molar-refractivity contribution is -0.141. The zero-order valence-corrected chi connectivity index (χ0v) is 13.7. The summed E-state index contributed by atoms with van der Waals surface area (Å²) in [5.74, 6) is 1.11. The van der Waals surface area contributed by atoms with Crippen LogP contribution in [0.15, 0.2) is 35.5 Å². The summed E-state index contributed by atoms with van der Waals surface area (Å²) < 4.78 is 48.0. The second-order valence-corrected chi connectivity index (χ2v) is 4.84. The van der Waals surface area contributed by atoms with E-state index in [1.807, 2.05) is 6.07 Å². The fraction of sp³-hybridized carbons (Fsp3) is 0.312. The number of alkyl halides is 3. The Morgan fingerprint density at radius 3 is 2.60 bits per heavy atom. The molecule has 25 heavy (non-hydrogen) atoms. The molecule has 1 heterocycles. The van der Waals surface area contributed by atoms with Gasteiger partial charge in [-0.2, -0.15) is 13.2 Å². The van der Waals surface area contributed by atoms with Crippen molar-refractivity contribution in [3.05, 3.63) is 41.7 Å². The number of benzene rings is 1. The lowest BCUT2D eigenvalue weighted by Crippen LogP contribution is -2.13. The zero-order valence-electron chi connectivity index (χ0n) is 13.7. The first kappa shape index (κ1) is 18.5. The highest BCUT2D eigenvalue weighted by molar-refractivity contribution is 5.80. The minimum absolute atomic E-state index is 0.0869. The summed E-state index contributed by atoms with van der Waals surface area (Å²) >= 11 is 0. The first-order valence-electron chi connectivity index (χ1n) is 7.30. The van der Waals surface area contributed by atoms with Crippen LogP contribution in [0, 0.1) is 0 Å². The number of rotatable bonds is 7. The van der Waals surface area contributed by atoms with Gasteiger partial charge < -0.3 is 14.8 Å². The predicted octanol–water partition coefficient (Wildman–Crippen LogP) is 3.04. The average Bonchev–Trinajstić information content (AvgIpc) is 2.60. The van der Waals surface area contributed by atoms with Crippen LogP contribution in [-0.4, -0.2) is 43.5 Å². The van der Waals surface area contributed by atoms with Crippen molar-refractivity contribution in [3.63, 3.8) is 0 Å². The molecule has 134 valence electrons. The monoisotopic (exact) mass is 354 g/mol. The number of hydrogen-bond acceptors (Lipinski definition) is 6. The van der Waals surface area contributed by atoms with E-state index < -0.39 is 11.9 Å². The number of halogens is 3. The molecule has 1 aromatic heterocycles. The molecule has 6 nitrogen and oxygen atoms in total. The molecule has 0 aliphatic rings. The van der Waals surface area contributed by atoms with Crippen molar-refractivity contribution >= 4 is 12.2 Å². The molecule has 0 unspecified atom stereocenters. The van der Waals surface area contributed by atoms with Crippen molar-refractivity contribution in [1.82, 2.24) is 9.97 Å². The van der Waals surface area contributed by atoms with Crippen LogP contribution in [0.5, 0.6) is 11.5 Å². The van der Waals surface area contributed by atoms with E-state index >= 15 is 0 Å². The summed E-state index contributed by atoms with van der Waals surface area (Å²) in [6.45, 7) is 0.638. The van der Waals surface area contributed by atoms with Crippen molar-refractivity contribution in [1.29, 1.82) is 0 Å². The number of hydrogen-bond donors (Lipinski definition) is 1. The Kier molecular flexibility index (Phi) is 6.15. The fourth-order valence-corrected chi connectivity index (χ4v) is 1.94. The van der Waals surface area contributed by atoms with Crippen molar-refractivity contribution in [2.24, 2.45) is 4.99 Å². The zero-order chi connectivity index (χ0) is 18.3. The minimum atomic E-state index is -4.50. The maximum absolute atomic E-state index is 12.6. The van der Waals surface area contributed by atoms with E-state index in [0.717, 1.165) is 17.8 Å². The molecule has 0 saturated carbocycles. The van der Waals surface area contributed by atoms with Crippen molar-refractivity contribution in [2.45, 2.75) is 6.18 Å². The largest absolute Gasteiger partial charge is 0.493 e. The van der Waals surface area contributed by atoms with E-state index in [9.17, 15) is 13.2 Å². The molecular weight excluding hydrogens is 337 g/mol. The van der Waals surface area contributed by atoms with Gasteiger partial charge in [-0.1, -0.05) is 0 Å². The summed E-state index contributed by atoms with van der Waals surface area (Å²) in [7, 11) is 3.09. The number of ether oxygens (including phenoxy) is 2. The summed E-state index contributed by atoms with van der Waals surface area (Å²) in [5, 5.41) is 2.70. The quantitative estimate of drug-likeness (QED) is 0.611. The molecular formula is C16H17F3N4O2. The van der Waals surface area contributed by atoms with Gasteiger partial charge in [-0.25, -0.2) is 9.97 Å². The molecule has 9 heteroatoms. The van der Waals surface area contributed by atoms with E-state index in [0.29, 0.717) is 24.6 Å². The van der Waals surface area contributed by atoms with Gasteiger partial charge in [0.2, 0.25) is 5.95 Å². The van der Waals surface area contributed by atoms with Crippen molar-refractivity contribution < 1.29 is 22.6 Å². The Bertz CT molecular complexity index is 736. The Morgan fingerprint density at radius 1 is 1.16 bits per heavy atom. The Labute approximate surface area is 142 Å². The number of nitrogens with zero attached hydrogens (tertiary/aromatic N) is 3. The van der Waals surface area contributed by atoms with E-state index in [1.165, 1.54) is 7.11 Å². The molecule has 0 saturated heterocycles. The van der Waals surface area contributed by atoms with Gasteiger partial charge in [-0.05, 0) is 29.8 Å².